The number of hydrogen-bond acceptors (Lipinski definition) is 4. The van der Waals surface area contributed by atoms with Crippen molar-refractivity contribution in [3.05, 3.63) is 35.9 Å². The van der Waals surface area contributed by atoms with E-state index in [1.165, 1.54) is 0 Å². The molecule has 1 amide bonds. The van der Waals surface area contributed by atoms with Gasteiger partial charge < -0.3 is 20.3 Å². The number of nitrogens with one attached hydrogen (secondary N) is 1. The molecule has 0 aliphatic heterocycles. The van der Waals surface area contributed by atoms with Gasteiger partial charge >= 0.3 is 12.1 Å². The quantitative estimate of drug-likeness (QED) is 0.714. The number of carboxylic acids is 1. The molecule has 0 radical (unpaired) electrons. The number of aliphatic carboxylic acids is 1. The molecule has 1 rings (SSSR count). The standard InChI is InChI=1S/C15H21NO5/c1-15(2,9-8-12(17)13(18)19)16-14(20)21-10-11-6-4-3-5-7-11/h3-7,12,17H,8-10H2,1-2H3,(H,16,20)(H,18,19). The number of carboxylic acid groups (broad SMARTS) is 1. The number of carbonyl (C=O) groups excluding carboxylic acids is 1. The van der Waals surface area contributed by atoms with E-state index in [4.69, 9.17) is 9.84 Å². The average molecular weight is 295 g/mol. The Balaban J connectivity index is 2.36. The van der Waals surface area contributed by atoms with E-state index >= 15 is 0 Å². The summed E-state index contributed by atoms with van der Waals surface area (Å²) in [6.45, 7) is 3.65. The van der Waals surface area contributed by atoms with E-state index in [9.17, 15) is 14.7 Å². The van der Waals surface area contributed by atoms with Crippen molar-refractivity contribution >= 4 is 12.1 Å². The molecular weight excluding hydrogens is 274 g/mol. The first kappa shape index (κ1) is 17.0. The summed E-state index contributed by atoms with van der Waals surface area (Å²) in [6, 6.07) is 9.28. The van der Waals surface area contributed by atoms with Crippen molar-refractivity contribution in [1.82, 2.24) is 5.32 Å². The molecule has 3 N–H and O–H groups in total. The van der Waals surface area contributed by atoms with Crippen LogP contribution in [0.1, 0.15) is 32.3 Å². The number of ether oxygens (including phenoxy) is 1. The predicted octanol–water partition coefficient (Wildman–Crippen LogP) is 1.92. The van der Waals surface area contributed by atoms with E-state index in [1.54, 1.807) is 13.8 Å². The molecule has 0 saturated heterocycles. The first-order valence-electron chi connectivity index (χ1n) is 6.70. The summed E-state index contributed by atoms with van der Waals surface area (Å²) >= 11 is 0. The van der Waals surface area contributed by atoms with Crippen LogP contribution in [0.5, 0.6) is 0 Å². The van der Waals surface area contributed by atoms with E-state index in [0.717, 1.165) is 5.56 Å². The molecule has 0 bridgehead atoms. The van der Waals surface area contributed by atoms with Gasteiger partial charge in [-0.2, -0.15) is 0 Å². The Bertz CT molecular complexity index is 472. The van der Waals surface area contributed by atoms with Crippen molar-refractivity contribution < 1.29 is 24.5 Å². The van der Waals surface area contributed by atoms with Crippen LogP contribution in [-0.2, 0) is 16.1 Å². The fourth-order valence-corrected chi connectivity index (χ4v) is 1.72. The zero-order chi connectivity index (χ0) is 15.9. The molecule has 0 saturated carbocycles. The minimum absolute atomic E-state index is 0.0568. The minimum Gasteiger partial charge on any atom is -0.479 e. The molecular formula is C15H21NO5. The van der Waals surface area contributed by atoms with Crippen LogP contribution < -0.4 is 5.32 Å². The number of benzene rings is 1. The number of aliphatic hydroxyl groups excluding tert-OH is 1. The molecule has 0 aromatic heterocycles. The summed E-state index contributed by atoms with van der Waals surface area (Å²) < 4.78 is 5.09. The van der Waals surface area contributed by atoms with Crippen LogP contribution in [0.3, 0.4) is 0 Å². The molecule has 116 valence electrons. The number of amides is 1. The van der Waals surface area contributed by atoms with Gasteiger partial charge in [-0.15, -0.1) is 0 Å². The third-order valence-electron chi connectivity index (χ3n) is 2.98. The maximum Gasteiger partial charge on any atom is 0.407 e. The summed E-state index contributed by atoms with van der Waals surface area (Å²) in [5, 5.41) is 20.5. The van der Waals surface area contributed by atoms with Crippen LogP contribution in [0.25, 0.3) is 0 Å². The highest BCUT2D eigenvalue weighted by Crippen LogP contribution is 2.14. The largest absolute Gasteiger partial charge is 0.479 e. The van der Waals surface area contributed by atoms with Crippen molar-refractivity contribution in [2.24, 2.45) is 0 Å². The third-order valence-corrected chi connectivity index (χ3v) is 2.98. The van der Waals surface area contributed by atoms with Crippen LogP contribution in [0.2, 0.25) is 0 Å². The topological polar surface area (TPSA) is 95.9 Å². The molecule has 1 aromatic rings. The monoisotopic (exact) mass is 295 g/mol. The van der Waals surface area contributed by atoms with E-state index in [0.29, 0.717) is 6.42 Å². The Kier molecular flexibility index (Phi) is 6.17. The van der Waals surface area contributed by atoms with Crippen LogP contribution in [0.15, 0.2) is 30.3 Å². The van der Waals surface area contributed by atoms with Gasteiger partial charge in [0.25, 0.3) is 0 Å². The molecule has 1 aromatic carbocycles. The van der Waals surface area contributed by atoms with Gasteiger partial charge in [0.2, 0.25) is 0 Å². The van der Waals surface area contributed by atoms with Crippen molar-refractivity contribution in [3.63, 3.8) is 0 Å². The van der Waals surface area contributed by atoms with Crippen molar-refractivity contribution in [2.75, 3.05) is 0 Å². The Labute approximate surface area is 123 Å². The number of aliphatic hydroxyl groups is 1. The molecule has 0 aliphatic carbocycles. The summed E-state index contributed by atoms with van der Waals surface area (Å²) in [4.78, 5) is 22.2. The van der Waals surface area contributed by atoms with Gasteiger partial charge in [-0.25, -0.2) is 9.59 Å². The molecule has 0 heterocycles. The molecule has 1 unspecified atom stereocenters. The lowest BCUT2D eigenvalue weighted by Crippen LogP contribution is -2.44. The number of rotatable bonds is 7. The van der Waals surface area contributed by atoms with Gasteiger partial charge in [0, 0.05) is 5.54 Å². The van der Waals surface area contributed by atoms with Gasteiger partial charge in [0.1, 0.15) is 6.61 Å². The predicted molar refractivity (Wildman–Crippen MR) is 76.7 cm³/mol. The van der Waals surface area contributed by atoms with Crippen molar-refractivity contribution in [3.8, 4) is 0 Å². The first-order chi connectivity index (χ1) is 9.80. The Hall–Kier alpha value is -2.08. The smallest absolute Gasteiger partial charge is 0.407 e. The first-order valence-corrected chi connectivity index (χ1v) is 6.70. The summed E-state index contributed by atoms with van der Waals surface area (Å²) in [7, 11) is 0. The maximum atomic E-state index is 11.7. The SMILES string of the molecule is CC(C)(CCC(O)C(=O)O)NC(=O)OCc1ccccc1. The molecule has 6 nitrogen and oxygen atoms in total. The normalized spacial score (nSPS) is 12.5. The highest BCUT2D eigenvalue weighted by Gasteiger charge is 2.24. The Morgan fingerprint density at radius 1 is 1.29 bits per heavy atom. The van der Waals surface area contributed by atoms with Crippen molar-refractivity contribution in [1.29, 1.82) is 0 Å². The lowest BCUT2D eigenvalue weighted by molar-refractivity contribution is -0.147. The van der Waals surface area contributed by atoms with Gasteiger partial charge in [-0.3, -0.25) is 0 Å². The van der Waals surface area contributed by atoms with E-state index in [-0.39, 0.29) is 13.0 Å². The second kappa shape index (κ2) is 7.64. The summed E-state index contributed by atoms with van der Waals surface area (Å²) in [6.07, 6.45) is -1.62. The van der Waals surface area contributed by atoms with E-state index in [2.05, 4.69) is 5.32 Å². The van der Waals surface area contributed by atoms with Gasteiger partial charge in [0.15, 0.2) is 6.10 Å². The van der Waals surface area contributed by atoms with Crippen molar-refractivity contribution in [2.45, 2.75) is 44.9 Å². The fraction of sp³-hybridized carbons (Fsp3) is 0.467. The van der Waals surface area contributed by atoms with Crippen LogP contribution in [0.4, 0.5) is 4.79 Å². The second-order valence-electron chi connectivity index (χ2n) is 5.46. The summed E-state index contributed by atoms with van der Waals surface area (Å²) in [5.41, 5.74) is 0.219. The summed E-state index contributed by atoms with van der Waals surface area (Å²) in [5.74, 6) is -1.27. The van der Waals surface area contributed by atoms with Gasteiger partial charge in [-0.1, -0.05) is 30.3 Å². The van der Waals surface area contributed by atoms with Crippen LogP contribution in [-0.4, -0.2) is 33.9 Å². The molecule has 21 heavy (non-hydrogen) atoms. The van der Waals surface area contributed by atoms with Gasteiger partial charge in [-0.05, 0) is 32.3 Å². The molecule has 6 heteroatoms. The number of alkyl carbamates (subject to hydrolysis) is 1. The van der Waals surface area contributed by atoms with Gasteiger partial charge in [0.05, 0.1) is 0 Å². The fourth-order valence-electron chi connectivity index (χ4n) is 1.72. The highest BCUT2D eigenvalue weighted by atomic mass is 16.5. The second-order valence-corrected chi connectivity index (χ2v) is 5.46. The van der Waals surface area contributed by atoms with Crippen LogP contribution >= 0.6 is 0 Å². The number of carbonyl (C=O) groups is 2. The molecule has 0 fully saturated rings. The lowest BCUT2D eigenvalue weighted by Gasteiger charge is -2.26. The third kappa shape index (κ3) is 6.76. The maximum absolute atomic E-state index is 11.7. The molecule has 0 spiro atoms. The van der Waals surface area contributed by atoms with E-state index in [1.807, 2.05) is 30.3 Å². The zero-order valence-electron chi connectivity index (χ0n) is 12.2. The average Bonchev–Trinajstić information content (AvgIpc) is 2.43. The highest BCUT2D eigenvalue weighted by molar-refractivity contribution is 5.72. The Morgan fingerprint density at radius 3 is 2.48 bits per heavy atom. The lowest BCUT2D eigenvalue weighted by atomic mass is 9.96. The minimum atomic E-state index is -1.42. The molecule has 1 atom stereocenters. The Morgan fingerprint density at radius 2 is 1.90 bits per heavy atom. The zero-order valence-corrected chi connectivity index (χ0v) is 12.2. The molecule has 0 aliphatic rings. The van der Waals surface area contributed by atoms with Crippen LogP contribution in [0, 0.1) is 0 Å². The van der Waals surface area contributed by atoms with E-state index < -0.39 is 23.7 Å². The number of hydrogen-bond donors (Lipinski definition) is 3.